The van der Waals surface area contributed by atoms with Crippen molar-refractivity contribution in [2.45, 2.75) is 4.90 Å². The molecular weight excluding hydrogens is 570 g/mol. The number of anilines is 1. The van der Waals surface area contributed by atoms with Crippen molar-refractivity contribution in [3.8, 4) is 5.88 Å². The molecule has 1 amide bonds. The highest BCUT2D eigenvalue weighted by molar-refractivity contribution is 7.89. The van der Waals surface area contributed by atoms with Gasteiger partial charge in [0.05, 0.1) is 37.8 Å². The summed E-state index contributed by atoms with van der Waals surface area (Å²) >= 11 is 1.23. The minimum atomic E-state index is -3.72. The van der Waals surface area contributed by atoms with Gasteiger partial charge in [-0.25, -0.2) is 18.4 Å². The molecule has 3 heterocycles. The number of methoxy groups -OCH3 is 1. The van der Waals surface area contributed by atoms with E-state index in [4.69, 9.17) is 14.2 Å². The molecule has 41 heavy (non-hydrogen) atoms. The Morgan fingerprint density at radius 2 is 1.80 bits per heavy atom. The van der Waals surface area contributed by atoms with Crippen molar-refractivity contribution >= 4 is 48.5 Å². The predicted octanol–water partition coefficient (Wildman–Crippen LogP) is 1.57. The Morgan fingerprint density at radius 1 is 1.07 bits per heavy atom. The van der Waals surface area contributed by atoms with E-state index in [9.17, 15) is 13.2 Å². The molecule has 13 nitrogen and oxygen atoms in total. The third-order valence-corrected chi connectivity index (χ3v) is 8.88. The molecular formula is C26H35N7O6S2. The lowest BCUT2D eigenvalue weighted by Crippen LogP contribution is -2.35. The number of ether oxygens (including phenoxy) is 3. The quantitative estimate of drug-likeness (QED) is 0.286. The number of benzene rings is 1. The zero-order valence-corrected chi connectivity index (χ0v) is 25.2. The van der Waals surface area contributed by atoms with Crippen LogP contribution in [0.3, 0.4) is 0 Å². The minimum absolute atomic E-state index is 0.104. The molecule has 0 atom stereocenters. The van der Waals surface area contributed by atoms with Crippen LogP contribution in [0.1, 0.15) is 5.56 Å². The van der Waals surface area contributed by atoms with E-state index >= 15 is 0 Å². The maximum atomic E-state index is 13.5. The third kappa shape index (κ3) is 8.18. The van der Waals surface area contributed by atoms with E-state index in [1.54, 1.807) is 29.3 Å². The second kappa shape index (κ2) is 14.1. The smallest absolute Gasteiger partial charge is 0.278 e. The Bertz CT molecular complexity index is 1450. The Balaban J connectivity index is 1.55. The van der Waals surface area contributed by atoms with Crippen LogP contribution in [0.5, 0.6) is 5.88 Å². The van der Waals surface area contributed by atoms with Gasteiger partial charge >= 0.3 is 0 Å². The van der Waals surface area contributed by atoms with Gasteiger partial charge in [-0.15, -0.1) is 0 Å². The fraction of sp³-hybridized carbons (Fsp3) is 0.462. The zero-order valence-electron chi connectivity index (χ0n) is 23.6. The number of sulfonamides is 1. The van der Waals surface area contributed by atoms with Gasteiger partial charge in [0.15, 0.2) is 10.8 Å². The summed E-state index contributed by atoms with van der Waals surface area (Å²) in [5.74, 6) is 0.00387. The Hall–Kier alpha value is -3.21. The lowest BCUT2D eigenvalue weighted by atomic mass is 10.1. The van der Waals surface area contributed by atoms with Gasteiger partial charge in [0, 0.05) is 38.9 Å². The average molecular weight is 606 g/mol. The van der Waals surface area contributed by atoms with Crippen molar-refractivity contribution in [1.29, 1.82) is 0 Å². The van der Waals surface area contributed by atoms with Crippen molar-refractivity contribution in [3.05, 3.63) is 42.0 Å². The van der Waals surface area contributed by atoms with Crippen molar-refractivity contribution < 1.29 is 27.4 Å². The molecule has 1 fully saturated rings. The van der Waals surface area contributed by atoms with Gasteiger partial charge in [0.2, 0.25) is 15.9 Å². The minimum Gasteiger partial charge on any atom is -0.476 e. The molecule has 0 unspecified atom stereocenters. The summed E-state index contributed by atoms with van der Waals surface area (Å²) in [4.78, 5) is 25.3. The van der Waals surface area contributed by atoms with Crippen molar-refractivity contribution in [1.82, 2.24) is 24.2 Å². The summed E-state index contributed by atoms with van der Waals surface area (Å²) in [6.45, 7) is 3.78. The number of carbonyl (C=O) groups is 1. The van der Waals surface area contributed by atoms with E-state index in [0.29, 0.717) is 59.8 Å². The fourth-order valence-corrected chi connectivity index (χ4v) is 5.74. The van der Waals surface area contributed by atoms with Crippen LogP contribution in [0.25, 0.3) is 10.3 Å². The first-order valence-electron chi connectivity index (χ1n) is 13.0. The molecule has 1 aliphatic heterocycles. The van der Waals surface area contributed by atoms with E-state index in [1.807, 2.05) is 19.0 Å². The molecule has 0 bridgehead atoms. The van der Waals surface area contributed by atoms with Crippen molar-refractivity contribution in [2.75, 3.05) is 86.2 Å². The van der Waals surface area contributed by atoms with Crippen LogP contribution in [0.4, 0.5) is 5.13 Å². The summed E-state index contributed by atoms with van der Waals surface area (Å²) in [5, 5.41) is 9.56. The van der Waals surface area contributed by atoms with Crippen LogP contribution >= 0.6 is 11.3 Å². The second-order valence-electron chi connectivity index (χ2n) is 9.46. The number of fused-ring (bicyclic) bond motifs is 1. The van der Waals surface area contributed by atoms with Gasteiger partial charge < -0.3 is 19.1 Å². The van der Waals surface area contributed by atoms with Crippen LogP contribution in [0.15, 0.2) is 46.4 Å². The summed E-state index contributed by atoms with van der Waals surface area (Å²) in [6, 6.07) is 9.63. The van der Waals surface area contributed by atoms with E-state index in [2.05, 4.69) is 20.4 Å². The summed E-state index contributed by atoms with van der Waals surface area (Å²) in [6.07, 6.45) is 0. The van der Waals surface area contributed by atoms with Gasteiger partial charge in [-0.3, -0.25) is 15.1 Å². The normalized spacial score (nSPS) is 14.7. The molecule has 15 heteroatoms. The molecule has 1 saturated heterocycles. The Labute approximate surface area is 243 Å². The molecule has 1 N–H and O–H groups in total. The first kappa shape index (κ1) is 30.7. The highest BCUT2D eigenvalue weighted by Crippen LogP contribution is 2.26. The second-order valence-corrected chi connectivity index (χ2v) is 12.5. The van der Waals surface area contributed by atoms with Crippen LogP contribution in [0, 0.1) is 0 Å². The maximum Gasteiger partial charge on any atom is 0.278 e. The molecule has 2 aromatic heterocycles. The number of hydrazone groups is 1. The first-order chi connectivity index (χ1) is 19.7. The number of hydrogen-bond donors (Lipinski definition) is 1. The maximum absolute atomic E-state index is 13.5. The number of aromatic nitrogens is 2. The van der Waals surface area contributed by atoms with Crippen LogP contribution in [-0.2, 0) is 24.3 Å². The number of rotatable bonds is 13. The van der Waals surface area contributed by atoms with Gasteiger partial charge in [-0.2, -0.15) is 9.41 Å². The lowest BCUT2D eigenvalue weighted by Gasteiger charge is -2.25. The number of thiazole rings is 1. The van der Waals surface area contributed by atoms with Crippen molar-refractivity contribution in [3.63, 3.8) is 0 Å². The standard InChI is InChI=1S/C26H35N7O6S2/c1-31(2)11-18-39-22-10-9-21-25(28-22)40-26(27-21)29-24(34)23(30-33-13-16-38-17-14-33)19-5-7-20(8-6-19)41(35,36)32(3)12-15-37-4/h5-10H,11-18H2,1-4H3,(H,27,29,34). The molecule has 4 rings (SSSR count). The van der Waals surface area contributed by atoms with Crippen LogP contribution in [-0.4, -0.2) is 125 Å². The van der Waals surface area contributed by atoms with Gasteiger partial charge in [-0.1, -0.05) is 23.5 Å². The number of nitrogens with zero attached hydrogens (tertiary/aromatic N) is 6. The molecule has 0 radical (unpaired) electrons. The first-order valence-corrected chi connectivity index (χ1v) is 15.3. The number of pyridine rings is 1. The summed E-state index contributed by atoms with van der Waals surface area (Å²) < 4.78 is 43.2. The van der Waals surface area contributed by atoms with Crippen LogP contribution < -0.4 is 10.1 Å². The number of carbonyl (C=O) groups excluding carboxylic acids is 1. The SMILES string of the molecule is COCCN(C)S(=O)(=O)c1ccc(C(=NN2CCOCC2)C(=O)Nc2nc3ccc(OCCN(C)C)nc3s2)cc1. The molecule has 0 saturated carbocycles. The summed E-state index contributed by atoms with van der Waals surface area (Å²) in [7, 11) is 3.22. The molecule has 1 aliphatic rings. The van der Waals surface area contributed by atoms with Gasteiger partial charge in [0.25, 0.3) is 5.91 Å². The lowest BCUT2D eigenvalue weighted by molar-refractivity contribution is -0.110. The average Bonchev–Trinajstić information content (AvgIpc) is 3.36. The largest absolute Gasteiger partial charge is 0.476 e. The number of morpholine rings is 1. The number of likely N-dealkylation sites (N-methyl/N-ethyl adjacent to an activating group) is 2. The summed E-state index contributed by atoms with van der Waals surface area (Å²) in [5.41, 5.74) is 1.22. The third-order valence-electron chi connectivity index (χ3n) is 6.13. The van der Waals surface area contributed by atoms with Gasteiger partial charge in [0.1, 0.15) is 17.0 Å². The number of hydrogen-bond acceptors (Lipinski definition) is 12. The molecule has 0 aliphatic carbocycles. The monoisotopic (exact) mass is 605 g/mol. The van der Waals surface area contributed by atoms with Crippen LogP contribution in [0.2, 0.25) is 0 Å². The topological polar surface area (TPSA) is 139 Å². The van der Waals surface area contributed by atoms with Crippen molar-refractivity contribution in [2.24, 2.45) is 5.10 Å². The van der Waals surface area contributed by atoms with E-state index in [1.165, 1.54) is 41.9 Å². The Kier molecular flexibility index (Phi) is 10.6. The van der Waals surface area contributed by atoms with Gasteiger partial charge in [-0.05, 0) is 32.3 Å². The highest BCUT2D eigenvalue weighted by Gasteiger charge is 2.23. The van der Waals surface area contributed by atoms with E-state index in [0.717, 1.165) is 6.54 Å². The fourth-order valence-electron chi connectivity index (χ4n) is 3.76. The Morgan fingerprint density at radius 3 is 2.49 bits per heavy atom. The van der Waals surface area contributed by atoms with E-state index < -0.39 is 15.9 Å². The molecule has 3 aromatic rings. The number of amides is 1. The molecule has 222 valence electrons. The highest BCUT2D eigenvalue weighted by atomic mass is 32.2. The predicted molar refractivity (Wildman–Crippen MR) is 157 cm³/mol. The van der Waals surface area contributed by atoms with E-state index in [-0.39, 0.29) is 23.8 Å². The zero-order chi connectivity index (χ0) is 29.4. The molecule has 0 spiro atoms. The molecule has 1 aromatic carbocycles. The number of nitrogens with one attached hydrogen (secondary N) is 1.